The Balaban J connectivity index is 1.45. The first-order valence-electron chi connectivity index (χ1n) is 9.48. The van der Waals surface area contributed by atoms with E-state index in [4.69, 9.17) is 0 Å². The molecule has 1 N–H and O–H groups in total. The van der Waals surface area contributed by atoms with Crippen molar-refractivity contribution in [2.75, 3.05) is 5.32 Å². The number of aromatic nitrogens is 4. The Hall–Kier alpha value is -4.13. The maximum absolute atomic E-state index is 12.9. The maximum atomic E-state index is 12.9. The fraction of sp³-hybridized carbons (Fsp3) is 0.0870. The van der Waals surface area contributed by atoms with Crippen LogP contribution in [-0.2, 0) is 0 Å². The molecule has 0 aliphatic heterocycles. The van der Waals surface area contributed by atoms with Crippen LogP contribution < -0.4 is 5.32 Å². The lowest BCUT2D eigenvalue weighted by Crippen LogP contribution is -2.13. The SMILES string of the molecule is Cc1ccc(NC(=O)c2ccc3c(c2)C(=O)c2ccccc2-3)cc1-n1nnnc1C. The molecule has 0 radical (unpaired) electrons. The number of hydrogen-bond acceptors (Lipinski definition) is 5. The first kappa shape index (κ1) is 17.9. The van der Waals surface area contributed by atoms with E-state index in [1.807, 2.05) is 62.4 Å². The minimum atomic E-state index is -0.287. The highest BCUT2D eigenvalue weighted by atomic mass is 16.1. The third-order valence-electron chi connectivity index (χ3n) is 5.31. The maximum Gasteiger partial charge on any atom is 0.255 e. The molecule has 4 aromatic rings. The van der Waals surface area contributed by atoms with Gasteiger partial charge in [0, 0.05) is 22.4 Å². The van der Waals surface area contributed by atoms with Gasteiger partial charge in [-0.05, 0) is 65.2 Å². The molecule has 0 spiro atoms. The Labute approximate surface area is 172 Å². The second-order valence-corrected chi connectivity index (χ2v) is 7.23. The van der Waals surface area contributed by atoms with E-state index >= 15 is 0 Å². The summed E-state index contributed by atoms with van der Waals surface area (Å²) in [6, 6.07) is 18.3. The zero-order valence-corrected chi connectivity index (χ0v) is 16.4. The van der Waals surface area contributed by atoms with Gasteiger partial charge in [-0.1, -0.05) is 36.4 Å². The summed E-state index contributed by atoms with van der Waals surface area (Å²) in [5.41, 5.74) is 5.80. The van der Waals surface area contributed by atoms with Gasteiger partial charge >= 0.3 is 0 Å². The number of carbonyl (C=O) groups is 2. The molecule has 3 aromatic carbocycles. The van der Waals surface area contributed by atoms with Crippen LogP contribution in [0.2, 0.25) is 0 Å². The summed E-state index contributed by atoms with van der Waals surface area (Å²) in [6.07, 6.45) is 0. The second-order valence-electron chi connectivity index (χ2n) is 7.23. The zero-order chi connectivity index (χ0) is 20.8. The molecule has 1 aliphatic rings. The van der Waals surface area contributed by atoms with E-state index in [-0.39, 0.29) is 11.7 Å². The van der Waals surface area contributed by atoms with Crippen molar-refractivity contribution >= 4 is 17.4 Å². The highest BCUT2D eigenvalue weighted by molar-refractivity contribution is 6.22. The molecule has 0 saturated carbocycles. The summed E-state index contributed by atoms with van der Waals surface area (Å²) >= 11 is 0. The highest BCUT2D eigenvalue weighted by Crippen LogP contribution is 2.36. The quantitative estimate of drug-likeness (QED) is 0.503. The van der Waals surface area contributed by atoms with E-state index in [0.29, 0.717) is 28.2 Å². The molecule has 7 heteroatoms. The van der Waals surface area contributed by atoms with E-state index in [2.05, 4.69) is 20.8 Å². The van der Waals surface area contributed by atoms with E-state index in [1.165, 1.54) is 0 Å². The van der Waals surface area contributed by atoms with Crippen molar-refractivity contribution in [2.45, 2.75) is 13.8 Å². The standard InChI is InChI=1S/C23H17N5O2/c1-13-7-9-16(12-21(13)28-14(2)25-26-27-28)24-23(30)15-8-10-18-17-5-3-4-6-19(17)22(29)20(18)11-15/h3-12H,1-2H3,(H,24,30). The number of aryl methyl sites for hydroxylation is 2. The van der Waals surface area contributed by atoms with Gasteiger partial charge in [0.1, 0.15) is 0 Å². The van der Waals surface area contributed by atoms with Crippen LogP contribution in [0.1, 0.15) is 37.7 Å². The van der Waals surface area contributed by atoms with E-state index in [9.17, 15) is 9.59 Å². The van der Waals surface area contributed by atoms with Gasteiger partial charge in [-0.2, -0.15) is 4.68 Å². The number of nitrogens with one attached hydrogen (secondary N) is 1. The molecule has 7 nitrogen and oxygen atoms in total. The molecule has 5 rings (SSSR count). The predicted molar refractivity (Wildman–Crippen MR) is 112 cm³/mol. The number of tetrazole rings is 1. The number of amides is 1. The Morgan fingerprint density at radius 3 is 2.43 bits per heavy atom. The first-order valence-corrected chi connectivity index (χ1v) is 9.48. The fourth-order valence-electron chi connectivity index (χ4n) is 3.74. The number of fused-ring (bicyclic) bond motifs is 3. The van der Waals surface area contributed by atoms with Crippen molar-refractivity contribution in [3.63, 3.8) is 0 Å². The molecule has 146 valence electrons. The van der Waals surface area contributed by atoms with Crippen LogP contribution >= 0.6 is 0 Å². The zero-order valence-electron chi connectivity index (χ0n) is 16.4. The van der Waals surface area contributed by atoms with Crippen molar-refractivity contribution in [1.82, 2.24) is 20.2 Å². The second kappa shape index (κ2) is 6.73. The largest absolute Gasteiger partial charge is 0.322 e. The number of carbonyl (C=O) groups excluding carboxylic acids is 2. The molecule has 1 aliphatic carbocycles. The highest BCUT2D eigenvalue weighted by Gasteiger charge is 2.27. The summed E-state index contributed by atoms with van der Waals surface area (Å²) in [6.45, 7) is 3.76. The van der Waals surface area contributed by atoms with Gasteiger partial charge in [0.15, 0.2) is 11.6 Å². The average molecular weight is 395 g/mol. The van der Waals surface area contributed by atoms with Crippen LogP contribution in [0.15, 0.2) is 60.7 Å². The predicted octanol–water partition coefficient (Wildman–Crippen LogP) is 3.74. The Bertz CT molecular complexity index is 1340. The molecule has 30 heavy (non-hydrogen) atoms. The summed E-state index contributed by atoms with van der Waals surface area (Å²) in [5.74, 6) is 0.310. The fourth-order valence-corrected chi connectivity index (χ4v) is 3.74. The van der Waals surface area contributed by atoms with Crippen LogP contribution in [0.25, 0.3) is 16.8 Å². The minimum Gasteiger partial charge on any atom is -0.322 e. The topological polar surface area (TPSA) is 89.8 Å². The lowest BCUT2D eigenvalue weighted by molar-refractivity contribution is 0.102. The molecule has 0 unspecified atom stereocenters. The first-order chi connectivity index (χ1) is 14.5. The molecule has 0 atom stereocenters. The van der Waals surface area contributed by atoms with Gasteiger partial charge in [-0.15, -0.1) is 5.10 Å². The van der Waals surface area contributed by atoms with Gasteiger partial charge in [0.05, 0.1) is 5.69 Å². The third kappa shape index (κ3) is 2.79. The number of ketones is 1. The molecule has 0 fully saturated rings. The molecule has 0 bridgehead atoms. The van der Waals surface area contributed by atoms with Crippen molar-refractivity contribution in [2.24, 2.45) is 0 Å². The Kier molecular flexibility index (Phi) is 4.03. The van der Waals surface area contributed by atoms with E-state index < -0.39 is 0 Å². The van der Waals surface area contributed by atoms with E-state index in [1.54, 1.807) is 16.8 Å². The molecular formula is C23H17N5O2. The summed E-state index contributed by atoms with van der Waals surface area (Å²) in [7, 11) is 0. The summed E-state index contributed by atoms with van der Waals surface area (Å²) in [4.78, 5) is 25.6. The summed E-state index contributed by atoms with van der Waals surface area (Å²) in [5, 5.41) is 14.5. The minimum absolute atomic E-state index is 0.0537. The molecule has 1 amide bonds. The third-order valence-corrected chi connectivity index (χ3v) is 5.31. The molecule has 0 saturated heterocycles. The monoisotopic (exact) mass is 395 g/mol. The van der Waals surface area contributed by atoms with Crippen LogP contribution in [0.5, 0.6) is 0 Å². The smallest absolute Gasteiger partial charge is 0.255 e. The van der Waals surface area contributed by atoms with Crippen molar-refractivity contribution in [3.8, 4) is 16.8 Å². The van der Waals surface area contributed by atoms with Gasteiger partial charge in [-0.25, -0.2) is 0 Å². The average Bonchev–Trinajstić information content (AvgIpc) is 3.31. The van der Waals surface area contributed by atoms with Crippen LogP contribution in [0.3, 0.4) is 0 Å². The van der Waals surface area contributed by atoms with Crippen LogP contribution in [0, 0.1) is 13.8 Å². The van der Waals surface area contributed by atoms with Crippen molar-refractivity contribution in [3.05, 3.63) is 88.7 Å². The van der Waals surface area contributed by atoms with Crippen LogP contribution in [0.4, 0.5) is 5.69 Å². The Morgan fingerprint density at radius 2 is 1.67 bits per heavy atom. The van der Waals surface area contributed by atoms with E-state index in [0.717, 1.165) is 22.4 Å². The van der Waals surface area contributed by atoms with Crippen molar-refractivity contribution in [1.29, 1.82) is 0 Å². The summed E-state index contributed by atoms with van der Waals surface area (Å²) < 4.78 is 1.62. The number of anilines is 1. The number of rotatable bonds is 3. The van der Waals surface area contributed by atoms with Gasteiger partial charge in [0.2, 0.25) is 0 Å². The lowest BCUT2D eigenvalue weighted by atomic mass is 10.0. The van der Waals surface area contributed by atoms with Crippen molar-refractivity contribution < 1.29 is 9.59 Å². The normalized spacial score (nSPS) is 11.9. The van der Waals surface area contributed by atoms with Gasteiger partial charge < -0.3 is 5.32 Å². The number of nitrogens with zero attached hydrogens (tertiary/aromatic N) is 4. The number of hydrogen-bond donors (Lipinski definition) is 1. The lowest BCUT2D eigenvalue weighted by Gasteiger charge is -2.11. The van der Waals surface area contributed by atoms with Gasteiger partial charge in [-0.3, -0.25) is 9.59 Å². The molecule has 1 aromatic heterocycles. The number of benzene rings is 3. The molecule has 1 heterocycles. The Morgan fingerprint density at radius 1 is 0.900 bits per heavy atom. The molecular weight excluding hydrogens is 378 g/mol. The van der Waals surface area contributed by atoms with Crippen LogP contribution in [-0.4, -0.2) is 31.9 Å². The van der Waals surface area contributed by atoms with Gasteiger partial charge in [0.25, 0.3) is 5.91 Å².